The molecule has 5 rings (SSSR count). The quantitative estimate of drug-likeness (QED) is 0.629. The number of hydrogen-bond acceptors (Lipinski definition) is 6. The second kappa shape index (κ2) is 9.23. The standard InChI is InChI=1S/C26H26FNO4S/c1-15-23(26(30)32-14-19-4-2-10-31-19)25(22-5-3-11-33-22)24-20(28-15)12-17(13-21(24)29)16-6-8-18(27)9-7-16/h3,5-9,11,17,19,25,28H,2,4,10,12-14H2,1H3/t17-,19-,25-/m1/s1. The van der Waals surface area contributed by atoms with Gasteiger partial charge < -0.3 is 14.8 Å². The number of carbonyl (C=O) groups excluding carboxylic acids is 2. The lowest BCUT2D eigenvalue weighted by Crippen LogP contribution is -2.36. The van der Waals surface area contributed by atoms with Crippen molar-refractivity contribution in [2.45, 2.75) is 50.5 Å². The first-order valence-corrected chi connectivity index (χ1v) is 12.2. The zero-order valence-corrected chi connectivity index (χ0v) is 19.3. The highest BCUT2D eigenvalue weighted by Gasteiger charge is 2.42. The van der Waals surface area contributed by atoms with Gasteiger partial charge in [-0.1, -0.05) is 18.2 Å². The first-order valence-electron chi connectivity index (χ1n) is 11.3. The van der Waals surface area contributed by atoms with Crippen LogP contribution in [0.3, 0.4) is 0 Å². The molecule has 2 aromatic rings. The van der Waals surface area contributed by atoms with Crippen LogP contribution in [0.1, 0.15) is 54.9 Å². The minimum atomic E-state index is -0.445. The molecule has 3 heterocycles. The van der Waals surface area contributed by atoms with Gasteiger partial charge >= 0.3 is 5.97 Å². The van der Waals surface area contributed by atoms with E-state index in [4.69, 9.17) is 9.47 Å². The average Bonchev–Trinajstić information content (AvgIpc) is 3.51. The van der Waals surface area contributed by atoms with Crippen molar-refractivity contribution in [1.82, 2.24) is 5.32 Å². The zero-order valence-electron chi connectivity index (χ0n) is 18.4. The van der Waals surface area contributed by atoms with E-state index >= 15 is 0 Å². The van der Waals surface area contributed by atoms with Gasteiger partial charge in [0.15, 0.2) is 5.78 Å². The second-order valence-electron chi connectivity index (χ2n) is 8.82. The molecule has 1 saturated heterocycles. The fourth-order valence-electron chi connectivity index (χ4n) is 5.04. The molecule has 0 unspecified atom stereocenters. The van der Waals surface area contributed by atoms with E-state index in [0.29, 0.717) is 36.3 Å². The molecule has 7 heteroatoms. The Morgan fingerprint density at radius 3 is 2.76 bits per heavy atom. The molecule has 3 aliphatic rings. The average molecular weight is 468 g/mol. The molecule has 0 saturated carbocycles. The molecule has 0 bridgehead atoms. The first kappa shape index (κ1) is 22.0. The van der Waals surface area contributed by atoms with Crippen LogP contribution in [0.15, 0.2) is 64.3 Å². The summed E-state index contributed by atoms with van der Waals surface area (Å²) in [6, 6.07) is 10.2. The number of rotatable bonds is 5. The lowest BCUT2D eigenvalue weighted by molar-refractivity contribution is -0.142. The number of thiophene rings is 1. The number of benzene rings is 1. The van der Waals surface area contributed by atoms with E-state index in [2.05, 4.69) is 5.32 Å². The van der Waals surface area contributed by atoms with E-state index < -0.39 is 11.9 Å². The summed E-state index contributed by atoms with van der Waals surface area (Å²) in [5.74, 6) is -1.17. The number of dihydropyridines is 1. The number of esters is 1. The predicted molar refractivity (Wildman–Crippen MR) is 123 cm³/mol. The minimum Gasteiger partial charge on any atom is -0.459 e. The molecule has 2 aliphatic heterocycles. The smallest absolute Gasteiger partial charge is 0.336 e. The first-order chi connectivity index (χ1) is 16.0. The number of halogens is 1. The Balaban J connectivity index is 1.45. The van der Waals surface area contributed by atoms with Gasteiger partial charge in [0.1, 0.15) is 12.4 Å². The molecule has 5 nitrogen and oxygen atoms in total. The maximum absolute atomic E-state index is 13.5. The molecule has 33 heavy (non-hydrogen) atoms. The van der Waals surface area contributed by atoms with Gasteiger partial charge in [-0.2, -0.15) is 0 Å². The molecule has 1 aromatic carbocycles. The van der Waals surface area contributed by atoms with Gasteiger partial charge in [-0.25, -0.2) is 9.18 Å². The summed E-state index contributed by atoms with van der Waals surface area (Å²) in [5, 5.41) is 5.30. The maximum Gasteiger partial charge on any atom is 0.336 e. The summed E-state index contributed by atoms with van der Waals surface area (Å²) in [6.07, 6.45) is 2.75. The van der Waals surface area contributed by atoms with Gasteiger partial charge in [-0.05, 0) is 61.2 Å². The van der Waals surface area contributed by atoms with Crippen molar-refractivity contribution in [3.63, 3.8) is 0 Å². The molecule has 1 N–H and O–H groups in total. The van der Waals surface area contributed by atoms with Crippen LogP contribution in [-0.2, 0) is 19.1 Å². The SMILES string of the molecule is CC1=C(C(=O)OC[C@H]2CCCO2)[C@@H](c2cccs2)C2=C(C[C@@H](c3ccc(F)cc3)CC2=O)N1. The molecule has 1 aliphatic carbocycles. The van der Waals surface area contributed by atoms with Crippen molar-refractivity contribution < 1.29 is 23.5 Å². The van der Waals surface area contributed by atoms with Crippen LogP contribution in [0.5, 0.6) is 0 Å². The van der Waals surface area contributed by atoms with Gasteiger partial charge in [-0.3, -0.25) is 4.79 Å². The Bertz CT molecular complexity index is 1110. The fraction of sp³-hybridized carbons (Fsp3) is 0.385. The largest absolute Gasteiger partial charge is 0.459 e. The molecule has 3 atom stereocenters. The molecule has 0 spiro atoms. The summed E-state index contributed by atoms with van der Waals surface area (Å²) in [5.41, 5.74) is 3.62. The fourth-order valence-corrected chi connectivity index (χ4v) is 5.89. The van der Waals surface area contributed by atoms with Gasteiger partial charge in [0.2, 0.25) is 0 Å². The van der Waals surface area contributed by atoms with Crippen molar-refractivity contribution in [3.05, 3.63) is 80.6 Å². The highest BCUT2D eigenvalue weighted by Crippen LogP contribution is 2.46. The highest BCUT2D eigenvalue weighted by atomic mass is 32.1. The van der Waals surface area contributed by atoms with E-state index in [1.165, 1.54) is 23.5 Å². The number of Topliss-reactive ketones (excluding diaryl/α,β-unsaturated/α-hetero) is 1. The molecule has 1 aromatic heterocycles. The van der Waals surface area contributed by atoms with E-state index in [1.807, 2.05) is 24.4 Å². The number of ketones is 1. The molecule has 172 valence electrons. The lowest BCUT2D eigenvalue weighted by atomic mass is 9.73. The van der Waals surface area contributed by atoms with Crippen LogP contribution in [0.25, 0.3) is 0 Å². The number of ether oxygens (including phenoxy) is 2. The Kier molecular flexibility index (Phi) is 6.17. The van der Waals surface area contributed by atoms with Gasteiger partial charge in [0.05, 0.1) is 17.6 Å². The number of nitrogens with one attached hydrogen (secondary N) is 1. The Hall–Kier alpha value is -2.77. The second-order valence-corrected chi connectivity index (χ2v) is 9.80. The van der Waals surface area contributed by atoms with Crippen LogP contribution >= 0.6 is 11.3 Å². The highest BCUT2D eigenvalue weighted by molar-refractivity contribution is 7.10. The van der Waals surface area contributed by atoms with Crippen LogP contribution < -0.4 is 5.32 Å². The summed E-state index contributed by atoms with van der Waals surface area (Å²) in [4.78, 5) is 27.6. The normalized spacial score (nSPS) is 25.2. The van der Waals surface area contributed by atoms with Crippen molar-refractivity contribution in [1.29, 1.82) is 0 Å². The third kappa shape index (κ3) is 4.39. The van der Waals surface area contributed by atoms with E-state index in [1.54, 1.807) is 12.1 Å². The zero-order chi connectivity index (χ0) is 22.9. The number of hydrogen-bond donors (Lipinski definition) is 1. The Morgan fingerprint density at radius 1 is 1.24 bits per heavy atom. The topological polar surface area (TPSA) is 64.6 Å². The predicted octanol–water partition coefficient (Wildman–Crippen LogP) is 4.97. The van der Waals surface area contributed by atoms with Crippen LogP contribution in [-0.4, -0.2) is 31.1 Å². The van der Waals surface area contributed by atoms with Gasteiger partial charge in [0, 0.05) is 34.9 Å². The summed E-state index contributed by atoms with van der Waals surface area (Å²) in [7, 11) is 0. The lowest BCUT2D eigenvalue weighted by Gasteiger charge is -2.36. The van der Waals surface area contributed by atoms with Crippen molar-refractivity contribution in [2.75, 3.05) is 13.2 Å². The van der Waals surface area contributed by atoms with Crippen LogP contribution in [0.4, 0.5) is 4.39 Å². The van der Waals surface area contributed by atoms with Crippen molar-refractivity contribution in [3.8, 4) is 0 Å². The molecular weight excluding hydrogens is 441 g/mol. The van der Waals surface area contributed by atoms with Crippen molar-refractivity contribution in [2.24, 2.45) is 0 Å². The Labute approximate surface area is 196 Å². The monoisotopic (exact) mass is 467 g/mol. The summed E-state index contributed by atoms with van der Waals surface area (Å²) < 4.78 is 24.6. The molecule has 1 fully saturated rings. The summed E-state index contributed by atoms with van der Waals surface area (Å²) >= 11 is 1.53. The van der Waals surface area contributed by atoms with E-state index in [9.17, 15) is 14.0 Å². The number of carbonyl (C=O) groups is 2. The van der Waals surface area contributed by atoms with Crippen molar-refractivity contribution >= 4 is 23.1 Å². The third-order valence-corrected chi connectivity index (χ3v) is 7.58. The van der Waals surface area contributed by atoms with Gasteiger partial charge in [-0.15, -0.1) is 11.3 Å². The van der Waals surface area contributed by atoms with Crippen LogP contribution in [0, 0.1) is 5.82 Å². The van der Waals surface area contributed by atoms with Crippen LogP contribution in [0.2, 0.25) is 0 Å². The Morgan fingerprint density at radius 2 is 2.06 bits per heavy atom. The maximum atomic E-state index is 13.5. The molecule has 0 amide bonds. The summed E-state index contributed by atoms with van der Waals surface area (Å²) in [6.45, 7) is 2.78. The van der Waals surface area contributed by atoms with E-state index in [0.717, 1.165) is 29.0 Å². The third-order valence-electron chi connectivity index (χ3n) is 6.64. The van der Waals surface area contributed by atoms with Gasteiger partial charge in [0.25, 0.3) is 0 Å². The number of allylic oxidation sites excluding steroid dienone is 3. The molecule has 0 radical (unpaired) electrons. The van der Waals surface area contributed by atoms with E-state index in [-0.39, 0.29) is 30.2 Å². The minimum absolute atomic E-state index is 0.00778. The molecular formula is C26H26FNO4S.